The molecule has 4 heterocycles. The molecule has 8 nitrogen and oxygen atoms in total. The van der Waals surface area contributed by atoms with Gasteiger partial charge < -0.3 is 4.90 Å². The van der Waals surface area contributed by atoms with E-state index in [9.17, 15) is 0 Å². The lowest BCUT2D eigenvalue weighted by Gasteiger charge is -2.35. The van der Waals surface area contributed by atoms with Crippen molar-refractivity contribution in [1.29, 1.82) is 0 Å². The van der Waals surface area contributed by atoms with Crippen LogP contribution in [0.4, 0.5) is 5.82 Å². The SMILES string of the molecule is Cn1nccc1CN1CCN(c2cc(-n3cccn3)ncn2)CC1. The molecule has 24 heavy (non-hydrogen) atoms. The summed E-state index contributed by atoms with van der Waals surface area (Å²) in [4.78, 5) is 13.5. The third-order valence-electron chi connectivity index (χ3n) is 4.38. The zero-order chi connectivity index (χ0) is 16.4. The summed E-state index contributed by atoms with van der Waals surface area (Å²) in [7, 11) is 1.99. The average molecular weight is 324 g/mol. The lowest BCUT2D eigenvalue weighted by molar-refractivity contribution is 0.243. The molecule has 1 aliphatic heterocycles. The van der Waals surface area contributed by atoms with Gasteiger partial charge in [0.2, 0.25) is 0 Å². The molecule has 0 unspecified atom stereocenters. The summed E-state index contributed by atoms with van der Waals surface area (Å²) in [5.41, 5.74) is 1.24. The number of rotatable bonds is 4. The molecule has 0 bridgehead atoms. The third-order valence-corrected chi connectivity index (χ3v) is 4.38. The van der Waals surface area contributed by atoms with E-state index < -0.39 is 0 Å². The summed E-state index contributed by atoms with van der Waals surface area (Å²) < 4.78 is 3.69. The molecular weight excluding hydrogens is 304 g/mol. The van der Waals surface area contributed by atoms with Crippen molar-refractivity contribution in [2.75, 3.05) is 31.1 Å². The standard InChI is InChI=1S/C16H20N8/c1-21-14(3-5-19-21)12-22-7-9-23(10-8-22)15-11-16(18-13-17-15)24-6-2-4-20-24/h2-6,11,13H,7-10,12H2,1H3. The molecule has 0 saturated carbocycles. The molecule has 1 fully saturated rings. The molecule has 3 aromatic rings. The molecule has 8 heteroatoms. The fourth-order valence-electron chi connectivity index (χ4n) is 2.96. The second-order valence-electron chi connectivity index (χ2n) is 5.89. The maximum Gasteiger partial charge on any atom is 0.158 e. The van der Waals surface area contributed by atoms with E-state index in [1.54, 1.807) is 17.2 Å². The molecular formula is C16H20N8. The van der Waals surface area contributed by atoms with Gasteiger partial charge in [-0.25, -0.2) is 14.6 Å². The first-order valence-corrected chi connectivity index (χ1v) is 8.06. The van der Waals surface area contributed by atoms with E-state index in [0.29, 0.717) is 0 Å². The van der Waals surface area contributed by atoms with Crippen LogP contribution in [-0.4, -0.2) is 60.6 Å². The first-order valence-electron chi connectivity index (χ1n) is 8.06. The molecule has 0 spiro atoms. The summed E-state index contributed by atoms with van der Waals surface area (Å²) in [5, 5.41) is 8.46. The summed E-state index contributed by atoms with van der Waals surface area (Å²) >= 11 is 0. The zero-order valence-corrected chi connectivity index (χ0v) is 13.7. The van der Waals surface area contributed by atoms with Gasteiger partial charge in [0, 0.05) is 64.4 Å². The van der Waals surface area contributed by atoms with Crippen LogP contribution < -0.4 is 4.90 Å². The van der Waals surface area contributed by atoms with Gasteiger partial charge in [-0.1, -0.05) is 0 Å². The van der Waals surface area contributed by atoms with Gasteiger partial charge in [0.1, 0.15) is 12.1 Å². The van der Waals surface area contributed by atoms with Gasteiger partial charge in [-0.05, 0) is 12.1 Å². The maximum atomic E-state index is 4.43. The lowest BCUT2D eigenvalue weighted by atomic mass is 10.3. The smallest absolute Gasteiger partial charge is 0.158 e. The van der Waals surface area contributed by atoms with E-state index in [-0.39, 0.29) is 0 Å². The second-order valence-corrected chi connectivity index (χ2v) is 5.89. The Morgan fingerprint density at radius 3 is 2.54 bits per heavy atom. The van der Waals surface area contributed by atoms with Crippen molar-refractivity contribution < 1.29 is 0 Å². The van der Waals surface area contributed by atoms with Crippen LogP contribution in [0.2, 0.25) is 0 Å². The molecule has 1 aliphatic rings. The van der Waals surface area contributed by atoms with Gasteiger partial charge in [0.05, 0.1) is 5.69 Å². The predicted molar refractivity (Wildman–Crippen MR) is 89.9 cm³/mol. The minimum atomic E-state index is 0.794. The van der Waals surface area contributed by atoms with Crippen LogP contribution in [0.1, 0.15) is 5.69 Å². The first kappa shape index (κ1) is 14.8. The number of piperazine rings is 1. The Labute approximate surface area is 140 Å². The molecule has 3 aromatic heterocycles. The van der Waals surface area contributed by atoms with Crippen LogP contribution in [0.15, 0.2) is 43.1 Å². The number of nitrogens with zero attached hydrogens (tertiary/aromatic N) is 8. The van der Waals surface area contributed by atoms with Crippen molar-refractivity contribution in [3.05, 3.63) is 48.8 Å². The van der Waals surface area contributed by atoms with Gasteiger partial charge in [-0.2, -0.15) is 10.2 Å². The fraction of sp³-hybridized carbons (Fsp3) is 0.375. The fourth-order valence-corrected chi connectivity index (χ4v) is 2.96. The highest BCUT2D eigenvalue weighted by Gasteiger charge is 2.19. The Balaban J connectivity index is 1.41. The van der Waals surface area contributed by atoms with Gasteiger partial charge in [0.25, 0.3) is 0 Å². The molecule has 0 aromatic carbocycles. The number of aromatic nitrogens is 6. The number of hydrogen-bond donors (Lipinski definition) is 0. The molecule has 0 N–H and O–H groups in total. The van der Waals surface area contributed by atoms with Crippen molar-refractivity contribution in [2.24, 2.45) is 7.05 Å². The van der Waals surface area contributed by atoms with Crippen LogP contribution in [0, 0.1) is 0 Å². The van der Waals surface area contributed by atoms with E-state index in [0.717, 1.165) is 44.4 Å². The van der Waals surface area contributed by atoms with E-state index in [1.165, 1.54) is 5.69 Å². The van der Waals surface area contributed by atoms with Crippen molar-refractivity contribution in [3.63, 3.8) is 0 Å². The Kier molecular flexibility index (Phi) is 3.96. The third kappa shape index (κ3) is 3.00. The summed E-state index contributed by atoms with van der Waals surface area (Å²) in [6.45, 7) is 4.85. The maximum absolute atomic E-state index is 4.43. The molecule has 4 rings (SSSR count). The number of hydrogen-bond acceptors (Lipinski definition) is 6. The van der Waals surface area contributed by atoms with Gasteiger partial charge in [0.15, 0.2) is 5.82 Å². The van der Waals surface area contributed by atoms with E-state index in [2.05, 4.69) is 36.0 Å². The Bertz CT molecular complexity index is 786. The number of anilines is 1. The minimum Gasteiger partial charge on any atom is -0.354 e. The quantitative estimate of drug-likeness (QED) is 0.704. The zero-order valence-electron chi connectivity index (χ0n) is 13.7. The monoisotopic (exact) mass is 324 g/mol. The van der Waals surface area contributed by atoms with Crippen LogP contribution >= 0.6 is 0 Å². The predicted octanol–water partition coefficient (Wildman–Crippen LogP) is 0.718. The van der Waals surface area contributed by atoms with Gasteiger partial charge in [-0.3, -0.25) is 9.58 Å². The summed E-state index contributed by atoms with van der Waals surface area (Å²) in [5.74, 6) is 1.75. The van der Waals surface area contributed by atoms with Crippen LogP contribution in [0.25, 0.3) is 5.82 Å². The van der Waals surface area contributed by atoms with Crippen LogP contribution in [-0.2, 0) is 13.6 Å². The van der Waals surface area contributed by atoms with Crippen molar-refractivity contribution >= 4 is 5.82 Å². The van der Waals surface area contributed by atoms with Crippen LogP contribution in [0.5, 0.6) is 0 Å². The normalized spacial score (nSPS) is 15.8. The minimum absolute atomic E-state index is 0.794. The summed E-state index contributed by atoms with van der Waals surface area (Å²) in [6, 6.07) is 5.95. The highest BCUT2D eigenvalue weighted by Crippen LogP contribution is 2.16. The Morgan fingerprint density at radius 2 is 1.83 bits per heavy atom. The van der Waals surface area contributed by atoms with Gasteiger partial charge >= 0.3 is 0 Å². The van der Waals surface area contributed by atoms with E-state index in [1.807, 2.05) is 36.3 Å². The molecule has 0 atom stereocenters. The molecule has 124 valence electrons. The molecule has 0 amide bonds. The van der Waals surface area contributed by atoms with E-state index >= 15 is 0 Å². The van der Waals surface area contributed by atoms with E-state index in [4.69, 9.17) is 0 Å². The highest BCUT2D eigenvalue weighted by atomic mass is 15.3. The number of aryl methyl sites for hydroxylation is 1. The largest absolute Gasteiger partial charge is 0.354 e. The van der Waals surface area contributed by atoms with Crippen molar-refractivity contribution in [1.82, 2.24) is 34.4 Å². The second kappa shape index (κ2) is 6.40. The topological polar surface area (TPSA) is 67.9 Å². The average Bonchev–Trinajstić information content (AvgIpc) is 3.28. The molecule has 1 saturated heterocycles. The molecule has 0 radical (unpaired) electrons. The highest BCUT2D eigenvalue weighted by molar-refractivity contribution is 5.43. The lowest BCUT2D eigenvalue weighted by Crippen LogP contribution is -2.46. The van der Waals surface area contributed by atoms with Crippen LogP contribution in [0.3, 0.4) is 0 Å². The Morgan fingerprint density at radius 1 is 1.00 bits per heavy atom. The summed E-state index contributed by atoms with van der Waals surface area (Å²) in [6.07, 6.45) is 7.09. The molecule has 0 aliphatic carbocycles. The Hall–Kier alpha value is -2.74. The van der Waals surface area contributed by atoms with Gasteiger partial charge in [-0.15, -0.1) is 0 Å². The van der Waals surface area contributed by atoms with Crippen molar-refractivity contribution in [2.45, 2.75) is 6.54 Å². The van der Waals surface area contributed by atoms with Crippen molar-refractivity contribution in [3.8, 4) is 5.82 Å². The first-order chi connectivity index (χ1) is 11.8.